The van der Waals surface area contributed by atoms with Crippen LogP contribution >= 0.6 is 0 Å². The molecular formula is C16H20N4O. The number of rotatable bonds is 4. The van der Waals surface area contributed by atoms with Crippen molar-refractivity contribution in [2.75, 3.05) is 13.1 Å². The summed E-state index contributed by atoms with van der Waals surface area (Å²) in [6.07, 6.45) is 5.82. The molecule has 1 amide bonds. The number of nitrogens with two attached hydrogens (primary N) is 1. The van der Waals surface area contributed by atoms with Gasteiger partial charge in [0.05, 0.1) is 6.33 Å². The van der Waals surface area contributed by atoms with Crippen LogP contribution in [0.15, 0.2) is 49.1 Å². The van der Waals surface area contributed by atoms with E-state index in [4.69, 9.17) is 5.73 Å². The Kier molecular flexibility index (Phi) is 4.01. The van der Waals surface area contributed by atoms with E-state index in [1.165, 1.54) is 5.56 Å². The molecule has 1 aromatic carbocycles. The third-order valence-corrected chi connectivity index (χ3v) is 4.09. The summed E-state index contributed by atoms with van der Waals surface area (Å²) in [6.45, 7) is 2.02. The van der Waals surface area contributed by atoms with Crippen molar-refractivity contribution in [2.45, 2.75) is 24.9 Å². The Morgan fingerprint density at radius 3 is 2.81 bits per heavy atom. The summed E-state index contributed by atoms with van der Waals surface area (Å²) in [5, 5.41) is 0. The maximum atomic E-state index is 12.3. The molecule has 0 radical (unpaired) electrons. The molecule has 21 heavy (non-hydrogen) atoms. The number of hydrogen-bond acceptors (Lipinski definition) is 3. The maximum Gasteiger partial charge on any atom is 0.224 e. The minimum atomic E-state index is 0.0181. The molecule has 110 valence electrons. The molecule has 2 N–H and O–H groups in total. The summed E-state index contributed by atoms with van der Waals surface area (Å²) < 4.78 is 1.92. The van der Waals surface area contributed by atoms with Crippen molar-refractivity contribution < 1.29 is 4.79 Å². The van der Waals surface area contributed by atoms with Crippen LogP contribution in [0.3, 0.4) is 0 Å². The highest BCUT2D eigenvalue weighted by Gasteiger charge is 2.33. The molecule has 1 aliphatic heterocycles. The Morgan fingerprint density at radius 1 is 1.29 bits per heavy atom. The quantitative estimate of drug-likeness (QED) is 0.918. The zero-order valence-corrected chi connectivity index (χ0v) is 11.9. The Balaban J connectivity index is 1.59. The molecule has 0 spiro atoms. The summed E-state index contributed by atoms with van der Waals surface area (Å²) in [6, 6.07) is 10.2. The minimum absolute atomic E-state index is 0.0181. The molecular weight excluding hydrogens is 264 g/mol. The van der Waals surface area contributed by atoms with Gasteiger partial charge in [-0.1, -0.05) is 30.3 Å². The molecule has 5 heteroatoms. The predicted molar refractivity (Wildman–Crippen MR) is 80.6 cm³/mol. The largest absolute Gasteiger partial charge is 0.340 e. The van der Waals surface area contributed by atoms with Gasteiger partial charge in [-0.25, -0.2) is 4.98 Å². The Labute approximate surface area is 124 Å². The number of imidazole rings is 1. The third-order valence-electron chi connectivity index (χ3n) is 4.09. The minimum Gasteiger partial charge on any atom is -0.340 e. The van der Waals surface area contributed by atoms with Gasteiger partial charge in [-0.3, -0.25) is 4.79 Å². The smallest absolute Gasteiger partial charge is 0.224 e. The van der Waals surface area contributed by atoms with Gasteiger partial charge in [0.2, 0.25) is 5.91 Å². The number of amides is 1. The van der Waals surface area contributed by atoms with Gasteiger partial charge in [-0.15, -0.1) is 0 Å². The SMILES string of the molecule is N[C@@H]1CN(C(=O)CCn2ccnc2)C[C@H]1c1ccccc1. The van der Waals surface area contributed by atoms with Gasteiger partial charge in [-0.05, 0) is 5.56 Å². The molecule has 0 aliphatic carbocycles. The van der Waals surface area contributed by atoms with E-state index in [-0.39, 0.29) is 17.9 Å². The van der Waals surface area contributed by atoms with E-state index in [1.807, 2.05) is 33.9 Å². The van der Waals surface area contributed by atoms with Gasteiger partial charge in [-0.2, -0.15) is 0 Å². The zero-order valence-electron chi connectivity index (χ0n) is 11.9. The van der Waals surface area contributed by atoms with Crippen LogP contribution in [-0.4, -0.2) is 39.5 Å². The second-order valence-electron chi connectivity index (χ2n) is 5.53. The van der Waals surface area contributed by atoms with Crippen molar-refractivity contribution in [1.29, 1.82) is 0 Å². The summed E-state index contributed by atoms with van der Waals surface area (Å²) in [7, 11) is 0. The third kappa shape index (κ3) is 3.13. The van der Waals surface area contributed by atoms with E-state index in [0.717, 1.165) is 0 Å². The zero-order chi connectivity index (χ0) is 14.7. The van der Waals surface area contributed by atoms with Crippen LogP contribution in [0.4, 0.5) is 0 Å². The molecule has 0 unspecified atom stereocenters. The van der Waals surface area contributed by atoms with Crippen LogP contribution in [0.1, 0.15) is 17.9 Å². The molecule has 1 aliphatic rings. The van der Waals surface area contributed by atoms with Gasteiger partial charge in [0.15, 0.2) is 0 Å². The van der Waals surface area contributed by atoms with Crippen molar-refractivity contribution in [1.82, 2.24) is 14.5 Å². The lowest BCUT2D eigenvalue weighted by atomic mass is 9.95. The fraction of sp³-hybridized carbons (Fsp3) is 0.375. The first-order chi connectivity index (χ1) is 10.2. The molecule has 1 aromatic heterocycles. The highest BCUT2D eigenvalue weighted by atomic mass is 16.2. The standard InChI is InChI=1S/C16H20N4O/c17-15-11-20(10-14(15)13-4-2-1-3-5-13)16(21)6-8-19-9-7-18-12-19/h1-5,7,9,12,14-15H,6,8,10-11,17H2/t14-,15+/m0/s1. The Bertz CT molecular complexity index is 582. The van der Waals surface area contributed by atoms with E-state index < -0.39 is 0 Å². The normalized spacial score (nSPS) is 21.7. The molecule has 0 bridgehead atoms. The molecule has 1 saturated heterocycles. The molecule has 1 fully saturated rings. The van der Waals surface area contributed by atoms with Crippen molar-refractivity contribution >= 4 is 5.91 Å². The molecule has 2 aromatic rings. The van der Waals surface area contributed by atoms with Crippen LogP contribution in [-0.2, 0) is 11.3 Å². The first-order valence-corrected chi connectivity index (χ1v) is 7.28. The first kappa shape index (κ1) is 13.8. The van der Waals surface area contributed by atoms with E-state index in [1.54, 1.807) is 12.5 Å². The molecule has 2 atom stereocenters. The summed E-state index contributed by atoms with van der Waals surface area (Å²) >= 11 is 0. The first-order valence-electron chi connectivity index (χ1n) is 7.28. The van der Waals surface area contributed by atoms with Crippen LogP contribution in [0.25, 0.3) is 0 Å². The lowest BCUT2D eigenvalue weighted by Gasteiger charge is -2.16. The van der Waals surface area contributed by atoms with Gasteiger partial charge in [0, 0.05) is 50.4 Å². The lowest BCUT2D eigenvalue weighted by molar-refractivity contribution is -0.130. The van der Waals surface area contributed by atoms with E-state index >= 15 is 0 Å². The number of benzene rings is 1. The second-order valence-corrected chi connectivity index (χ2v) is 5.53. The van der Waals surface area contributed by atoms with Gasteiger partial charge in [0.25, 0.3) is 0 Å². The number of nitrogens with zero attached hydrogens (tertiary/aromatic N) is 3. The Morgan fingerprint density at radius 2 is 2.10 bits per heavy atom. The number of likely N-dealkylation sites (tertiary alicyclic amines) is 1. The molecule has 5 nitrogen and oxygen atoms in total. The van der Waals surface area contributed by atoms with Gasteiger partial charge >= 0.3 is 0 Å². The topological polar surface area (TPSA) is 64.2 Å². The van der Waals surface area contributed by atoms with E-state index in [0.29, 0.717) is 26.1 Å². The number of carbonyl (C=O) groups excluding carboxylic acids is 1. The number of aromatic nitrogens is 2. The number of carbonyl (C=O) groups is 1. The summed E-state index contributed by atoms with van der Waals surface area (Å²) in [5.41, 5.74) is 7.44. The van der Waals surface area contributed by atoms with Crippen LogP contribution < -0.4 is 5.73 Å². The van der Waals surface area contributed by atoms with Crippen molar-refractivity contribution in [3.63, 3.8) is 0 Å². The monoisotopic (exact) mass is 284 g/mol. The van der Waals surface area contributed by atoms with E-state index in [2.05, 4.69) is 17.1 Å². The molecule has 3 rings (SSSR count). The average molecular weight is 284 g/mol. The number of aryl methyl sites for hydroxylation is 1. The van der Waals surface area contributed by atoms with Crippen LogP contribution in [0, 0.1) is 0 Å². The maximum absolute atomic E-state index is 12.3. The number of hydrogen-bond donors (Lipinski definition) is 1. The van der Waals surface area contributed by atoms with Gasteiger partial charge in [0.1, 0.15) is 0 Å². The van der Waals surface area contributed by atoms with Crippen LogP contribution in [0.5, 0.6) is 0 Å². The molecule has 0 saturated carbocycles. The molecule has 2 heterocycles. The van der Waals surface area contributed by atoms with Crippen molar-refractivity contribution in [2.24, 2.45) is 5.73 Å². The van der Waals surface area contributed by atoms with Crippen LogP contribution in [0.2, 0.25) is 0 Å². The second kappa shape index (κ2) is 6.10. The Hall–Kier alpha value is -2.14. The fourth-order valence-corrected chi connectivity index (χ4v) is 2.89. The summed E-state index contributed by atoms with van der Waals surface area (Å²) in [5.74, 6) is 0.404. The highest BCUT2D eigenvalue weighted by Crippen LogP contribution is 2.26. The summed E-state index contributed by atoms with van der Waals surface area (Å²) in [4.78, 5) is 18.2. The van der Waals surface area contributed by atoms with Crippen molar-refractivity contribution in [3.05, 3.63) is 54.6 Å². The van der Waals surface area contributed by atoms with E-state index in [9.17, 15) is 4.79 Å². The van der Waals surface area contributed by atoms with Crippen molar-refractivity contribution in [3.8, 4) is 0 Å². The highest BCUT2D eigenvalue weighted by molar-refractivity contribution is 5.76. The van der Waals surface area contributed by atoms with Gasteiger partial charge < -0.3 is 15.2 Å². The average Bonchev–Trinajstić information content (AvgIpc) is 3.15. The fourth-order valence-electron chi connectivity index (χ4n) is 2.89. The lowest BCUT2D eigenvalue weighted by Crippen LogP contribution is -2.32. The predicted octanol–water partition coefficient (Wildman–Crippen LogP) is 1.23.